The molecule has 0 bridgehead atoms. The van der Waals surface area contributed by atoms with Crippen LogP contribution < -0.4 is 10.9 Å². The number of thioether (sulfide) groups is 1. The Morgan fingerprint density at radius 2 is 2.00 bits per heavy atom. The highest BCUT2D eigenvalue weighted by Crippen LogP contribution is 2.30. The van der Waals surface area contributed by atoms with Crippen LogP contribution in [-0.2, 0) is 5.75 Å². The Morgan fingerprint density at radius 1 is 1.15 bits per heavy atom. The summed E-state index contributed by atoms with van der Waals surface area (Å²) < 4.78 is 0. The predicted octanol–water partition coefficient (Wildman–Crippen LogP) is 5.33. The summed E-state index contributed by atoms with van der Waals surface area (Å²) in [6, 6.07) is 11.8. The predicted molar refractivity (Wildman–Crippen MR) is 135 cm³/mol. The average Bonchev–Trinajstić information content (AvgIpc) is 3.38. The third kappa shape index (κ3) is 4.17. The van der Waals surface area contributed by atoms with Gasteiger partial charge < -0.3 is 10.3 Å². The molecule has 3 heterocycles. The first-order valence-corrected chi connectivity index (χ1v) is 12.2. The molecule has 0 aliphatic carbocycles. The van der Waals surface area contributed by atoms with Gasteiger partial charge in [-0.25, -0.2) is 4.98 Å². The molecule has 2 aromatic carbocycles. The first kappa shape index (κ1) is 21.4. The highest BCUT2D eigenvalue weighted by molar-refractivity contribution is 7.98. The van der Waals surface area contributed by atoms with Crippen LogP contribution in [0, 0.1) is 20.8 Å². The maximum atomic E-state index is 13.0. The molecule has 0 spiro atoms. The number of fused-ring (bicyclic) bond motifs is 2. The quantitative estimate of drug-likeness (QED) is 0.298. The average molecular weight is 476 g/mol. The van der Waals surface area contributed by atoms with Gasteiger partial charge in [-0.05, 0) is 56.2 Å². The van der Waals surface area contributed by atoms with Crippen LogP contribution in [0.1, 0.15) is 32.2 Å². The second kappa shape index (κ2) is 8.49. The third-order valence-corrected chi connectivity index (χ3v) is 7.81. The Kier molecular flexibility index (Phi) is 5.51. The number of benzene rings is 2. The van der Waals surface area contributed by atoms with E-state index in [1.165, 1.54) is 22.5 Å². The third-order valence-electron chi connectivity index (χ3n) is 5.46. The van der Waals surface area contributed by atoms with E-state index in [0.717, 1.165) is 15.8 Å². The van der Waals surface area contributed by atoms with Crippen LogP contribution in [0.15, 0.2) is 52.3 Å². The van der Waals surface area contributed by atoms with Crippen LogP contribution in [0.3, 0.4) is 0 Å². The number of hydrogen-bond acceptors (Lipinski definition) is 6. The Labute approximate surface area is 197 Å². The molecule has 0 atom stereocenters. The molecule has 5 rings (SSSR count). The van der Waals surface area contributed by atoms with E-state index in [0.29, 0.717) is 37.9 Å². The molecular weight excluding hydrogens is 454 g/mol. The Morgan fingerprint density at radius 3 is 2.85 bits per heavy atom. The van der Waals surface area contributed by atoms with Crippen molar-refractivity contribution in [3.8, 4) is 0 Å². The lowest BCUT2D eigenvalue weighted by Gasteiger charge is -2.06. The SMILES string of the molecule is Cc1ccc(C)c(SCc2nc3sc(C(=O)Nc4ccc5[nH]ncc5c4)c(C)c3c(=O)[nH]2)c1. The van der Waals surface area contributed by atoms with E-state index in [2.05, 4.69) is 57.5 Å². The molecule has 33 heavy (non-hydrogen) atoms. The number of aryl methyl sites for hydroxylation is 3. The number of aromatic amines is 2. The van der Waals surface area contributed by atoms with Crippen molar-refractivity contribution in [2.24, 2.45) is 0 Å². The molecule has 0 fully saturated rings. The van der Waals surface area contributed by atoms with Gasteiger partial charge in [0, 0.05) is 16.0 Å². The summed E-state index contributed by atoms with van der Waals surface area (Å²) in [4.78, 5) is 35.6. The molecule has 0 aliphatic rings. The van der Waals surface area contributed by atoms with Crippen LogP contribution >= 0.6 is 23.1 Å². The number of anilines is 1. The molecule has 0 aliphatic heterocycles. The fraction of sp³-hybridized carbons (Fsp3) is 0.167. The van der Waals surface area contributed by atoms with Crippen molar-refractivity contribution in [3.05, 3.63) is 80.3 Å². The standard InChI is InChI=1S/C24H21N5O2S2/c1-12-4-5-13(2)18(8-12)32-11-19-27-22(30)20-14(3)21(33-24(20)28-19)23(31)26-16-6-7-17-15(9-16)10-25-29-17/h4-10H,11H2,1-3H3,(H,25,29)(H,26,31)(H,27,28,30). The summed E-state index contributed by atoms with van der Waals surface area (Å²) in [5.74, 6) is 0.875. The van der Waals surface area contributed by atoms with E-state index in [1.807, 2.05) is 18.2 Å². The largest absolute Gasteiger partial charge is 0.321 e. The van der Waals surface area contributed by atoms with Gasteiger partial charge in [-0.2, -0.15) is 5.10 Å². The first-order valence-electron chi connectivity index (χ1n) is 10.4. The van der Waals surface area contributed by atoms with Gasteiger partial charge in [-0.3, -0.25) is 14.7 Å². The minimum atomic E-state index is -0.260. The van der Waals surface area contributed by atoms with Gasteiger partial charge in [0.15, 0.2) is 0 Å². The number of nitrogens with one attached hydrogen (secondary N) is 3. The fourth-order valence-electron chi connectivity index (χ4n) is 3.69. The van der Waals surface area contributed by atoms with Crippen molar-refractivity contribution in [1.82, 2.24) is 20.2 Å². The molecule has 0 radical (unpaired) electrons. The minimum Gasteiger partial charge on any atom is -0.321 e. The molecule has 0 saturated carbocycles. The number of H-pyrrole nitrogens is 2. The zero-order chi connectivity index (χ0) is 23.1. The van der Waals surface area contributed by atoms with Crippen LogP contribution in [0.5, 0.6) is 0 Å². The maximum Gasteiger partial charge on any atom is 0.266 e. The lowest BCUT2D eigenvalue weighted by atomic mass is 10.2. The summed E-state index contributed by atoms with van der Waals surface area (Å²) in [5.41, 5.74) is 4.36. The molecule has 0 saturated heterocycles. The van der Waals surface area contributed by atoms with Gasteiger partial charge >= 0.3 is 0 Å². The number of rotatable bonds is 5. The van der Waals surface area contributed by atoms with E-state index < -0.39 is 0 Å². The van der Waals surface area contributed by atoms with E-state index in [9.17, 15) is 9.59 Å². The lowest BCUT2D eigenvalue weighted by molar-refractivity contribution is 0.103. The second-order valence-electron chi connectivity index (χ2n) is 7.93. The van der Waals surface area contributed by atoms with Gasteiger partial charge in [0.25, 0.3) is 11.5 Å². The van der Waals surface area contributed by atoms with E-state index in [-0.39, 0.29) is 11.5 Å². The fourth-order valence-corrected chi connectivity index (χ4v) is 5.78. The zero-order valence-electron chi connectivity index (χ0n) is 18.3. The number of carbonyl (C=O) groups excluding carboxylic acids is 1. The van der Waals surface area contributed by atoms with Crippen LogP contribution in [0.25, 0.3) is 21.1 Å². The van der Waals surface area contributed by atoms with E-state index in [4.69, 9.17) is 0 Å². The van der Waals surface area contributed by atoms with Crippen LogP contribution in [0.2, 0.25) is 0 Å². The maximum absolute atomic E-state index is 13.0. The van der Waals surface area contributed by atoms with Gasteiger partial charge in [0.2, 0.25) is 0 Å². The summed E-state index contributed by atoms with van der Waals surface area (Å²) in [6.07, 6.45) is 1.71. The second-order valence-corrected chi connectivity index (χ2v) is 9.95. The van der Waals surface area contributed by atoms with Crippen LogP contribution in [0.4, 0.5) is 5.69 Å². The van der Waals surface area contributed by atoms with E-state index in [1.54, 1.807) is 24.9 Å². The van der Waals surface area contributed by atoms with Gasteiger partial charge in [0.05, 0.1) is 27.7 Å². The number of nitrogens with zero attached hydrogens (tertiary/aromatic N) is 2. The molecule has 0 unspecified atom stereocenters. The Hall–Kier alpha value is -3.43. The van der Waals surface area contributed by atoms with Crippen LogP contribution in [-0.4, -0.2) is 26.1 Å². The topological polar surface area (TPSA) is 104 Å². The summed E-state index contributed by atoms with van der Waals surface area (Å²) >= 11 is 2.88. The highest BCUT2D eigenvalue weighted by Gasteiger charge is 2.20. The van der Waals surface area contributed by atoms with Gasteiger partial charge in [-0.15, -0.1) is 23.1 Å². The molecule has 3 N–H and O–H groups in total. The molecule has 166 valence electrons. The minimum absolute atomic E-state index is 0.218. The highest BCUT2D eigenvalue weighted by atomic mass is 32.2. The molecular formula is C24H21N5O2S2. The monoisotopic (exact) mass is 475 g/mol. The smallest absolute Gasteiger partial charge is 0.266 e. The van der Waals surface area contributed by atoms with Crippen molar-refractivity contribution in [1.29, 1.82) is 0 Å². The Bertz CT molecular complexity index is 1580. The van der Waals surface area contributed by atoms with Crippen molar-refractivity contribution < 1.29 is 4.79 Å². The van der Waals surface area contributed by atoms with Crippen molar-refractivity contribution in [3.63, 3.8) is 0 Å². The molecule has 5 aromatic rings. The first-order chi connectivity index (χ1) is 15.9. The summed E-state index contributed by atoms with van der Waals surface area (Å²) in [7, 11) is 0. The molecule has 1 amide bonds. The number of carbonyl (C=O) groups is 1. The number of thiophene rings is 1. The number of aromatic nitrogens is 4. The van der Waals surface area contributed by atoms with Crippen molar-refractivity contribution in [2.75, 3.05) is 5.32 Å². The lowest BCUT2D eigenvalue weighted by Crippen LogP contribution is -2.13. The molecule has 7 nitrogen and oxygen atoms in total. The normalized spacial score (nSPS) is 11.4. The number of hydrogen-bond donors (Lipinski definition) is 3. The summed E-state index contributed by atoms with van der Waals surface area (Å²) in [5, 5.41) is 11.2. The van der Waals surface area contributed by atoms with Gasteiger partial charge in [0.1, 0.15) is 10.7 Å². The van der Waals surface area contributed by atoms with Gasteiger partial charge in [-0.1, -0.05) is 17.7 Å². The molecule has 3 aromatic heterocycles. The number of amides is 1. The summed E-state index contributed by atoms with van der Waals surface area (Å²) in [6.45, 7) is 5.91. The Balaban J connectivity index is 1.41. The molecule has 9 heteroatoms. The van der Waals surface area contributed by atoms with Crippen molar-refractivity contribution >= 4 is 55.8 Å². The zero-order valence-corrected chi connectivity index (χ0v) is 19.9. The van der Waals surface area contributed by atoms with E-state index >= 15 is 0 Å². The van der Waals surface area contributed by atoms with Crippen molar-refractivity contribution in [2.45, 2.75) is 31.4 Å².